The normalized spacial score (nSPS) is 20.9. The van der Waals surface area contributed by atoms with Gasteiger partial charge in [-0.05, 0) is 17.9 Å². The fourth-order valence-electron chi connectivity index (χ4n) is 2.59. The van der Waals surface area contributed by atoms with E-state index in [9.17, 15) is 10.2 Å². The van der Waals surface area contributed by atoms with E-state index >= 15 is 0 Å². The summed E-state index contributed by atoms with van der Waals surface area (Å²) in [4.78, 5) is 0. The topological polar surface area (TPSA) is 40.5 Å². The second kappa shape index (κ2) is 5.46. The van der Waals surface area contributed by atoms with E-state index in [1.807, 2.05) is 30.3 Å². The van der Waals surface area contributed by atoms with Crippen LogP contribution in [0.15, 0.2) is 30.3 Å². The lowest BCUT2D eigenvalue weighted by atomic mass is 9.94. The monoisotopic (exact) mass is 220 g/mol. The van der Waals surface area contributed by atoms with Crippen molar-refractivity contribution in [2.75, 3.05) is 0 Å². The summed E-state index contributed by atoms with van der Waals surface area (Å²) in [5, 5.41) is 20.0. The van der Waals surface area contributed by atoms with E-state index in [1.165, 1.54) is 25.7 Å². The number of benzene rings is 1. The highest BCUT2D eigenvalue weighted by atomic mass is 16.3. The van der Waals surface area contributed by atoms with Crippen molar-refractivity contribution in [2.45, 2.75) is 44.3 Å². The maximum Gasteiger partial charge on any atom is 0.105 e. The first-order valence-corrected chi connectivity index (χ1v) is 6.18. The third-order valence-electron chi connectivity index (χ3n) is 3.56. The van der Waals surface area contributed by atoms with Crippen LogP contribution in [0.3, 0.4) is 0 Å². The van der Waals surface area contributed by atoms with Crippen molar-refractivity contribution < 1.29 is 10.2 Å². The molecule has 0 heterocycles. The van der Waals surface area contributed by atoms with Crippen molar-refractivity contribution in [2.24, 2.45) is 5.92 Å². The van der Waals surface area contributed by atoms with Gasteiger partial charge in [-0.3, -0.25) is 0 Å². The first-order valence-electron chi connectivity index (χ1n) is 6.18. The second-order valence-electron chi connectivity index (χ2n) is 4.81. The molecule has 1 aliphatic rings. The summed E-state index contributed by atoms with van der Waals surface area (Å²) in [6.45, 7) is 0. The molecule has 0 radical (unpaired) electrons. The highest BCUT2D eigenvalue weighted by molar-refractivity contribution is 5.18. The number of aliphatic hydroxyl groups is 2. The van der Waals surface area contributed by atoms with E-state index in [0.717, 1.165) is 12.0 Å². The average Bonchev–Trinajstić information content (AvgIpc) is 2.82. The van der Waals surface area contributed by atoms with Crippen LogP contribution in [0.4, 0.5) is 0 Å². The quantitative estimate of drug-likeness (QED) is 0.819. The van der Waals surface area contributed by atoms with Gasteiger partial charge in [-0.1, -0.05) is 56.0 Å². The largest absolute Gasteiger partial charge is 0.390 e. The Morgan fingerprint density at radius 1 is 1.06 bits per heavy atom. The van der Waals surface area contributed by atoms with Crippen LogP contribution in [0.1, 0.15) is 43.8 Å². The Hall–Kier alpha value is -0.860. The smallest absolute Gasteiger partial charge is 0.105 e. The van der Waals surface area contributed by atoms with Gasteiger partial charge in [0.2, 0.25) is 0 Å². The highest BCUT2D eigenvalue weighted by Gasteiger charge is 2.24. The van der Waals surface area contributed by atoms with E-state index in [2.05, 4.69) is 0 Å². The molecule has 1 aromatic rings. The van der Waals surface area contributed by atoms with Crippen molar-refractivity contribution in [1.82, 2.24) is 0 Å². The molecule has 0 amide bonds. The van der Waals surface area contributed by atoms with Crippen LogP contribution in [0, 0.1) is 5.92 Å². The summed E-state index contributed by atoms with van der Waals surface area (Å²) >= 11 is 0. The number of hydrogen-bond donors (Lipinski definition) is 2. The summed E-state index contributed by atoms with van der Waals surface area (Å²) in [7, 11) is 0. The Balaban J connectivity index is 1.91. The van der Waals surface area contributed by atoms with Crippen LogP contribution in [-0.4, -0.2) is 16.3 Å². The fourth-order valence-corrected chi connectivity index (χ4v) is 2.59. The molecule has 2 rings (SSSR count). The highest BCUT2D eigenvalue weighted by Crippen LogP contribution is 2.31. The van der Waals surface area contributed by atoms with Crippen LogP contribution in [0.2, 0.25) is 0 Å². The summed E-state index contributed by atoms with van der Waals surface area (Å²) in [6.07, 6.45) is 4.34. The third-order valence-corrected chi connectivity index (χ3v) is 3.56. The minimum atomic E-state index is -0.734. The molecule has 0 aliphatic heterocycles. The molecule has 1 aliphatic carbocycles. The maximum atomic E-state index is 10.00. The van der Waals surface area contributed by atoms with Crippen LogP contribution < -0.4 is 0 Å². The molecule has 88 valence electrons. The first kappa shape index (κ1) is 11.6. The summed E-state index contributed by atoms with van der Waals surface area (Å²) in [6, 6.07) is 9.42. The van der Waals surface area contributed by atoms with Crippen molar-refractivity contribution in [1.29, 1.82) is 0 Å². The molecule has 2 N–H and O–H groups in total. The Bertz CT molecular complexity index is 304. The number of aliphatic hydroxyl groups excluding tert-OH is 2. The zero-order chi connectivity index (χ0) is 11.4. The Labute approximate surface area is 96.9 Å². The van der Waals surface area contributed by atoms with E-state index in [1.54, 1.807) is 0 Å². The molecular weight excluding hydrogens is 200 g/mol. The van der Waals surface area contributed by atoms with Gasteiger partial charge in [0.25, 0.3) is 0 Å². The number of rotatable bonds is 4. The Kier molecular flexibility index (Phi) is 3.97. The third kappa shape index (κ3) is 2.83. The van der Waals surface area contributed by atoms with E-state index in [4.69, 9.17) is 0 Å². The summed E-state index contributed by atoms with van der Waals surface area (Å²) in [5.41, 5.74) is 0.813. The van der Waals surface area contributed by atoms with Crippen molar-refractivity contribution in [3.05, 3.63) is 35.9 Å². The zero-order valence-electron chi connectivity index (χ0n) is 9.55. The van der Waals surface area contributed by atoms with Crippen LogP contribution in [0.25, 0.3) is 0 Å². The molecule has 1 aromatic carbocycles. The molecule has 1 saturated carbocycles. The SMILES string of the molecule is OC(CC1CCCC1)C(O)c1ccccc1. The molecule has 2 atom stereocenters. The standard InChI is InChI=1S/C14H20O2/c15-13(10-11-6-4-5-7-11)14(16)12-8-2-1-3-9-12/h1-3,8-9,11,13-16H,4-7,10H2. The Morgan fingerprint density at radius 3 is 2.31 bits per heavy atom. The van der Waals surface area contributed by atoms with Crippen molar-refractivity contribution >= 4 is 0 Å². The van der Waals surface area contributed by atoms with Crippen LogP contribution in [0.5, 0.6) is 0 Å². The van der Waals surface area contributed by atoms with Gasteiger partial charge in [-0.25, -0.2) is 0 Å². The van der Waals surface area contributed by atoms with Crippen LogP contribution >= 0.6 is 0 Å². The van der Waals surface area contributed by atoms with Gasteiger partial charge >= 0.3 is 0 Å². The second-order valence-corrected chi connectivity index (χ2v) is 4.81. The van der Waals surface area contributed by atoms with Gasteiger partial charge in [-0.15, -0.1) is 0 Å². The van der Waals surface area contributed by atoms with E-state index in [0.29, 0.717) is 5.92 Å². The van der Waals surface area contributed by atoms with Gasteiger partial charge in [0, 0.05) is 0 Å². The lowest BCUT2D eigenvalue weighted by molar-refractivity contribution is 0.00412. The van der Waals surface area contributed by atoms with Gasteiger partial charge < -0.3 is 10.2 Å². The van der Waals surface area contributed by atoms with Crippen LogP contribution in [-0.2, 0) is 0 Å². The molecule has 2 heteroatoms. The minimum absolute atomic E-state index is 0.605. The molecule has 2 nitrogen and oxygen atoms in total. The first-order chi connectivity index (χ1) is 7.77. The predicted octanol–water partition coefficient (Wildman–Crippen LogP) is 2.66. The molecule has 0 aromatic heterocycles. The van der Waals surface area contributed by atoms with Gasteiger partial charge in [-0.2, -0.15) is 0 Å². The van der Waals surface area contributed by atoms with Gasteiger partial charge in [0.15, 0.2) is 0 Å². The molecule has 0 bridgehead atoms. The lowest BCUT2D eigenvalue weighted by Crippen LogP contribution is -2.20. The van der Waals surface area contributed by atoms with Crippen molar-refractivity contribution in [3.63, 3.8) is 0 Å². The van der Waals surface area contributed by atoms with Crippen molar-refractivity contribution in [3.8, 4) is 0 Å². The van der Waals surface area contributed by atoms with E-state index < -0.39 is 12.2 Å². The average molecular weight is 220 g/mol. The lowest BCUT2D eigenvalue weighted by Gasteiger charge is -2.21. The van der Waals surface area contributed by atoms with Gasteiger partial charge in [0.1, 0.15) is 6.10 Å². The molecule has 1 fully saturated rings. The summed E-state index contributed by atoms with van der Waals surface area (Å²) in [5.74, 6) is 0.605. The van der Waals surface area contributed by atoms with E-state index in [-0.39, 0.29) is 0 Å². The Morgan fingerprint density at radius 2 is 1.69 bits per heavy atom. The predicted molar refractivity (Wildman–Crippen MR) is 64.0 cm³/mol. The molecule has 0 saturated heterocycles. The molecular formula is C14H20O2. The molecule has 16 heavy (non-hydrogen) atoms. The maximum absolute atomic E-state index is 10.00. The summed E-state index contributed by atoms with van der Waals surface area (Å²) < 4.78 is 0. The fraction of sp³-hybridized carbons (Fsp3) is 0.571. The number of hydrogen-bond acceptors (Lipinski definition) is 2. The van der Waals surface area contributed by atoms with Gasteiger partial charge in [0.05, 0.1) is 6.10 Å². The minimum Gasteiger partial charge on any atom is -0.390 e. The zero-order valence-corrected chi connectivity index (χ0v) is 9.55. The molecule has 2 unspecified atom stereocenters. The molecule has 0 spiro atoms.